The fraction of sp³-hybridized carbons (Fsp3) is 0.500. The quantitative estimate of drug-likeness (QED) is 0.768. The minimum atomic E-state index is -0.0748. The highest BCUT2D eigenvalue weighted by Crippen LogP contribution is 2.32. The molecule has 0 atom stereocenters. The number of fused-ring (bicyclic) bond motifs is 1. The van der Waals surface area contributed by atoms with Crippen molar-refractivity contribution in [2.75, 3.05) is 24.3 Å². The van der Waals surface area contributed by atoms with E-state index in [0.717, 1.165) is 25.2 Å². The van der Waals surface area contributed by atoms with E-state index in [9.17, 15) is 4.79 Å². The molecule has 1 aliphatic rings. The van der Waals surface area contributed by atoms with Gasteiger partial charge in [-0.1, -0.05) is 13.3 Å². The topological polar surface area (TPSA) is 91.2 Å². The first-order valence-electron chi connectivity index (χ1n) is 8.28. The summed E-state index contributed by atoms with van der Waals surface area (Å²) in [6.45, 7) is 4.00. The van der Waals surface area contributed by atoms with E-state index in [1.165, 1.54) is 11.8 Å². The highest BCUT2D eigenvalue weighted by atomic mass is 32.2. The number of anilines is 1. The highest BCUT2D eigenvalue weighted by Gasteiger charge is 2.13. The van der Waals surface area contributed by atoms with Gasteiger partial charge < -0.3 is 14.8 Å². The number of rotatable bonds is 8. The molecule has 9 heteroatoms. The Morgan fingerprint density at radius 3 is 3.00 bits per heavy atom. The number of ether oxygens (including phenoxy) is 2. The number of nitrogens with zero attached hydrogens (tertiary/aromatic N) is 4. The van der Waals surface area contributed by atoms with Crippen LogP contribution >= 0.6 is 11.8 Å². The van der Waals surface area contributed by atoms with Crippen molar-refractivity contribution >= 4 is 23.4 Å². The summed E-state index contributed by atoms with van der Waals surface area (Å²) in [6.07, 6.45) is 2.12. The molecule has 0 unspecified atom stereocenters. The number of benzene rings is 1. The number of tetrazole rings is 1. The second kappa shape index (κ2) is 8.70. The van der Waals surface area contributed by atoms with E-state index in [0.29, 0.717) is 41.9 Å². The highest BCUT2D eigenvalue weighted by molar-refractivity contribution is 7.99. The summed E-state index contributed by atoms with van der Waals surface area (Å²) in [5.41, 5.74) is 0.697. The van der Waals surface area contributed by atoms with Crippen LogP contribution in [0.5, 0.6) is 11.5 Å². The van der Waals surface area contributed by atoms with Gasteiger partial charge in [0.05, 0.1) is 11.5 Å². The van der Waals surface area contributed by atoms with E-state index in [2.05, 4.69) is 27.8 Å². The number of thioether (sulfide) groups is 1. The molecule has 1 N–H and O–H groups in total. The SMILES string of the molecule is CCCCn1nnnc1CSCC(=O)Nc1ccc2c(c1)OCCO2. The third-order valence-corrected chi connectivity index (χ3v) is 4.55. The summed E-state index contributed by atoms with van der Waals surface area (Å²) in [7, 11) is 0. The van der Waals surface area contributed by atoms with Gasteiger partial charge in [0.1, 0.15) is 13.2 Å². The van der Waals surface area contributed by atoms with Gasteiger partial charge in [0, 0.05) is 18.3 Å². The summed E-state index contributed by atoms with van der Waals surface area (Å²) >= 11 is 1.48. The van der Waals surface area contributed by atoms with Crippen molar-refractivity contribution in [3.8, 4) is 11.5 Å². The third-order valence-electron chi connectivity index (χ3n) is 3.62. The molecule has 0 bridgehead atoms. The number of nitrogens with one attached hydrogen (secondary N) is 1. The van der Waals surface area contributed by atoms with Crippen molar-refractivity contribution in [3.05, 3.63) is 24.0 Å². The lowest BCUT2D eigenvalue weighted by atomic mass is 10.2. The number of amides is 1. The Balaban J connectivity index is 1.46. The average Bonchev–Trinajstić information content (AvgIpc) is 3.07. The molecule has 8 nitrogen and oxygen atoms in total. The summed E-state index contributed by atoms with van der Waals surface area (Å²) < 4.78 is 12.8. The van der Waals surface area contributed by atoms with Crippen LogP contribution in [0.4, 0.5) is 5.69 Å². The normalized spacial score (nSPS) is 12.8. The Bertz CT molecular complexity index is 722. The average molecular weight is 363 g/mol. The Kier molecular flexibility index (Phi) is 6.10. The molecule has 25 heavy (non-hydrogen) atoms. The minimum absolute atomic E-state index is 0.0748. The predicted molar refractivity (Wildman–Crippen MR) is 94.9 cm³/mol. The van der Waals surface area contributed by atoms with Gasteiger partial charge in [-0.25, -0.2) is 4.68 Å². The van der Waals surface area contributed by atoms with E-state index < -0.39 is 0 Å². The number of unbranched alkanes of at least 4 members (excludes halogenated alkanes) is 1. The van der Waals surface area contributed by atoms with Gasteiger partial charge in [0.15, 0.2) is 17.3 Å². The number of carbonyl (C=O) groups is 1. The van der Waals surface area contributed by atoms with E-state index in [4.69, 9.17) is 9.47 Å². The molecule has 0 saturated heterocycles. The summed E-state index contributed by atoms with van der Waals surface area (Å²) in [6, 6.07) is 5.39. The molecule has 0 radical (unpaired) electrons. The fourth-order valence-corrected chi connectivity index (χ4v) is 3.11. The first-order chi connectivity index (χ1) is 12.3. The Labute approximate surface area is 150 Å². The molecule has 134 valence electrons. The van der Waals surface area contributed by atoms with Gasteiger partial charge in [-0.2, -0.15) is 0 Å². The Morgan fingerprint density at radius 2 is 2.16 bits per heavy atom. The van der Waals surface area contributed by atoms with Gasteiger partial charge in [-0.3, -0.25) is 4.79 Å². The van der Waals surface area contributed by atoms with Crippen LogP contribution in [0.15, 0.2) is 18.2 Å². The molecule has 0 spiro atoms. The number of hydrogen-bond donors (Lipinski definition) is 1. The zero-order valence-corrected chi connectivity index (χ0v) is 14.9. The largest absolute Gasteiger partial charge is 0.486 e. The molecule has 1 amide bonds. The molecular formula is C16H21N5O3S. The molecule has 0 aliphatic carbocycles. The van der Waals surface area contributed by atoms with Crippen molar-refractivity contribution in [2.45, 2.75) is 32.1 Å². The van der Waals surface area contributed by atoms with Crippen LogP contribution < -0.4 is 14.8 Å². The van der Waals surface area contributed by atoms with Crippen LogP contribution in [-0.2, 0) is 17.1 Å². The number of hydrogen-bond acceptors (Lipinski definition) is 7. The molecular weight excluding hydrogens is 342 g/mol. The second-order valence-corrected chi connectivity index (χ2v) is 6.56. The van der Waals surface area contributed by atoms with Crippen LogP contribution in [0, 0.1) is 0 Å². The van der Waals surface area contributed by atoms with E-state index in [1.54, 1.807) is 22.9 Å². The maximum atomic E-state index is 12.1. The Hall–Kier alpha value is -2.29. The van der Waals surface area contributed by atoms with Crippen LogP contribution in [0.3, 0.4) is 0 Å². The van der Waals surface area contributed by atoms with Crippen molar-refractivity contribution < 1.29 is 14.3 Å². The van der Waals surface area contributed by atoms with Crippen molar-refractivity contribution in [1.29, 1.82) is 0 Å². The molecule has 2 heterocycles. The first kappa shape index (κ1) is 17.5. The van der Waals surface area contributed by atoms with E-state index in [-0.39, 0.29) is 5.91 Å². The van der Waals surface area contributed by atoms with Crippen LogP contribution in [0.2, 0.25) is 0 Å². The standard InChI is InChI=1S/C16H21N5O3S/c1-2-3-6-21-15(18-19-20-21)10-25-11-16(22)17-12-4-5-13-14(9-12)24-8-7-23-13/h4-5,9H,2-3,6-8,10-11H2,1H3,(H,17,22). The molecule has 1 aromatic heterocycles. The molecule has 1 aliphatic heterocycles. The first-order valence-corrected chi connectivity index (χ1v) is 9.44. The molecule has 3 rings (SSSR count). The predicted octanol–water partition coefficient (Wildman–Crippen LogP) is 2.12. The second-order valence-electron chi connectivity index (χ2n) is 5.57. The van der Waals surface area contributed by atoms with E-state index in [1.807, 2.05) is 0 Å². The maximum absolute atomic E-state index is 12.1. The number of aryl methyl sites for hydroxylation is 1. The zero-order valence-electron chi connectivity index (χ0n) is 14.1. The van der Waals surface area contributed by atoms with Crippen LogP contribution in [0.25, 0.3) is 0 Å². The van der Waals surface area contributed by atoms with Crippen LogP contribution in [0.1, 0.15) is 25.6 Å². The van der Waals surface area contributed by atoms with Gasteiger partial charge in [-0.15, -0.1) is 16.9 Å². The molecule has 1 aromatic carbocycles. The molecule has 0 saturated carbocycles. The van der Waals surface area contributed by atoms with Crippen LogP contribution in [-0.4, -0.2) is 45.1 Å². The summed E-state index contributed by atoms with van der Waals surface area (Å²) in [5.74, 6) is 3.02. The minimum Gasteiger partial charge on any atom is -0.486 e. The lowest BCUT2D eigenvalue weighted by Gasteiger charge is -2.19. The van der Waals surface area contributed by atoms with Crippen molar-refractivity contribution in [1.82, 2.24) is 20.2 Å². The van der Waals surface area contributed by atoms with Gasteiger partial charge in [0.2, 0.25) is 5.91 Å². The zero-order chi connectivity index (χ0) is 17.5. The lowest BCUT2D eigenvalue weighted by Crippen LogP contribution is -2.17. The number of aromatic nitrogens is 4. The molecule has 2 aromatic rings. The van der Waals surface area contributed by atoms with Gasteiger partial charge in [-0.05, 0) is 29.0 Å². The van der Waals surface area contributed by atoms with Gasteiger partial charge >= 0.3 is 0 Å². The Morgan fingerprint density at radius 1 is 1.32 bits per heavy atom. The smallest absolute Gasteiger partial charge is 0.234 e. The monoisotopic (exact) mass is 363 g/mol. The van der Waals surface area contributed by atoms with Crippen molar-refractivity contribution in [3.63, 3.8) is 0 Å². The number of carbonyl (C=O) groups excluding carboxylic acids is 1. The van der Waals surface area contributed by atoms with Gasteiger partial charge in [0.25, 0.3) is 0 Å². The third kappa shape index (κ3) is 4.85. The van der Waals surface area contributed by atoms with E-state index >= 15 is 0 Å². The summed E-state index contributed by atoms with van der Waals surface area (Å²) in [5, 5.41) is 14.6. The molecule has 0 fully saturated rings. The fourth-order valence-electron chi connectivity index (χ4n) is 2.36. The maximum Gasteiger partial charge on any atom is 0.234 e. The lowest BCUT2D eigenvalue weighted by molar-refractivity contribution is -0.113. The summed E-state index contributed by atoms with van der Waals surface area (Å²) in [4.78, 5) is 12.1. The van der Waals surface area contributed by atoms with Crippen molar-refractivity contribution in [2.24, 2.45) is 0 Å².